The largest absolute Gasteiger partial charge is 0.389 e. The van der Waals surface area contributed by atoms with Crippen molar-refractivity contribution >= 4 is 17.0 Å². The number of nitrogen functional groups attached to an aromatic ring is 1. The fraction of sp³-hybridized carbons (Fsp3) is 0.400. The third kappa shape index (κ3) is 2.66. The maximum Gasteiger partial charge on any atom is 0.389 e. The number of rotatable bonds is 3. The van der Waals surface area contributed by atoms with Crippen LogP contribution in [0.15, 0.2) is 18.5 Å². The molecule has 2 heterocycles. The fourth-order valence-electron chi connectivity index (χ4n) is 1.67. The first-order valence-corrected chi connectivity index (χ1v) is 5.10. The van der Waals surface area contributed by atoms with E-state index in [-0.39, 0.29) is 18.9 Å². The topological polar surface area (TPSA) is 56.7 Å². The van der Waals surface area contributed by atoms with Gasteiger partial charge < -0.3 is 10.3 Å². The van der Waals surface area contributed by atoms with E-state index in [9.17, 15) is 13.2 Å². The van der Waals surface area contributed by atoms with Crippen LogP contribution in [0, 0.1) is 0 Å². The first kappa shape index (κ1) is 11.7. The molecule has 17 heavy (non-hydrogen) atoms. The molecule has 0 aromatic carbocycles. The lowest BCUT2D eigenvalue weighted by atomic mass is 10.3. The second-order valence-electron chi connectivity index (χ2n) is 3.70. The highest BCUT2D eigenvalue weighted by Gasteiger charge is 2.26. The third-order valence-corrected chi connectivity index (χ3v) is 2.42. The third-order valence-electron chi connectivity index (χ3n) is 2.42. The molecule has 0 amide bonds. The van der Waals surface area contributed by atoms with Gasteiger partial charge in [-0.25, -0.2) is 4.98 Å². The summed E-state index contributed by atoms with van der Waals surface area (Å²) in [7, 11) is 0. The summed E-state index contributed by atoms with van der Waals surface area (Å²) in [5, 5.41) is 0. The molecule has 4 nitrogen and oxygen atoms in total. The van der Waals surface area contributed by atoms with Crippen molar-refractivity contribution in [2.45, 2.75) is 25.6 Å². The minimum Gasteiger partial charge on any atom is -0.369 e. The molecule has 0 bridgehead atoms. The highest BCUT2D eigenvalue weighted by atomic mass is 19.4. The van der Waals surface area contributed by atoms with E-state index in [2.05, 4.69) is 9.97 Å². The normalized spacial score (nSPS) is 12.2. The van der Waals surface area contributed by atoms with Crippen LogP contribution in [0.3, 0.4) is 0 Å². The number of hydrogen-bond donors (Lipinski definition) is 1. The minimum absolute atomic E-state index is 0.0124. The number of nitrogens with two attached hydrogens (primary N) is 1. The Morgan fingerprint density at radius 3 is 2.82 bits per heavy atom. The number of imidazole rings is 1. The van der Waals surface area contributed by atoms with Gasteiger partial charge in [-0.3, -0.25) is 4.98 Å². The SMILES string of the molecule is Nc1nc2cnccc2n1CCCC(F)(F)F. The summed E-state index contributed by atoms with van der Waals surface area (Å²) in [5.74, 6) is 0.218. The number of fused-ring (bicyclic) bond motifs is 1. The van der Waals surface area contributed by atoms with Crippen LogP contribution in [-0.2, 0) is 6.54 Å². The van der Waals surface area contributed by atoms with Crippen LogP contribution >= 0.6 is 0 Å². The van der Waals surface area contributed by atoms with Crippen molar-refractivity contribution < 1.29 is 13.2 Å². The van der Waals surface area contributed by atoms with Crippen molar-refractivity contribution in [3.8, 4) is 0 Å². The average molecular weight is 244 g/mol. The second kappa shape index (κ2) is 4.23. The molecule has 0 aliphatic rings. The summed E-state index contributed by atoms with van der Waals surface area (Å²) in [6, 6.07) is 1.69. The lowest BCUT2D eigenvalue weighted by Crippen LogP contribution is -2.10. The smallest absolute Gasteiger partial charge is 0.369 e. The highest BCUT2D eigenvalue weighted by molar-refractivity contribution is 5.76. The zero-order chi connectivity index (χ0) is 12.5. The number of hydrogen-bond acceptors (Lipinski definition) is 3. The van der Waals surface area contributed by atoms with Gasteiger partial charge in [0.2, 0.25) is 5.95 Å². The lowest BCUT2D eigenvalue weighted by Gasteiger charge is -2.08. The van der Waals surface area contributed by atoms with Gasteiger partial charge in [-0.2, -0.15) is 13.2 Å². The summed E-state index contributed by atoms with van der Waals surface area (Å²) >= 11 is 0. The van der Waals surface area contributed by atoms with Crippen LogP contribution in [0.1, 0.15) is 12.8 Å². The first-order chi connectivity index (χ1) is 7.97. The zero-order valence-corrected chi connectivity index (χ0v) is 8.91. The molecule has 0 spiro atoms. The molecule has 7 heteroatoms. The van der Waals surface area contributed by atoms with E-state index in [4.69, 9.17) is 5.73 Å². The van der Waals surface area contributed by atoms with E-state index < -0.39 is 12.6 Å². The standard InChI is InChI=1S/C10H11F3N4/c11-10(12,13)3-1-5-17-8-2-4-15-6-7(8)16-9(17)14/h2,4,6H,1,3,5H2,(H2,14,16). The molecule has 0 saturated carbocycles. The molecule has 2 aromatic rings. The summed E-state index contributed by atoms with van der Waals surface area (Å²) in [5.41, 5.74) is 6.95. The predicted octanol–water partition coefficient (Wildman–Crippen LogP) is 2.36. The van der Waals surface area contributed by atoms with Gasteiger partial charge in [0, 0.05) is 19.2 Å². The predicted molar refractivity (Wildman–Crippen MR) is 57.2 cm³/mol. The Balaban J connectivity index is 2.15. The zero-order valence-electron chi connectivity index (χ0n) is 8.91. The summed E-state index contributed by atoms with van der Waals surface area (Å²) in [6.07, 6.45) is -1.87. The summed E-state index contributed by atoms with van der Waals surface area (Å²) in [4.78, 5) is 7.90. The van der Waals surface area contributed by atoms with Gasteiger partial charge in [0.1, 0.15) is 5.52 Å². The summed E-state index contributed by atoms with van der Waals surface area (Å²) < 4.78 is 37.7. The van der Waals surface area contributed by atoms with Crippen molar-refractivity contribution in [3.63, 3.8) is 0 Å². The van der Waals surface area contributed by atoms with Crippen LogP contribution in [0.4, 0.5) is 19.1 Å². The quantitative estimate of drug-likeness (QED) is 0.901. The second-order valence-corrected chi connectivity index (χ2v) is 3.70. The van der Waals surface area contributed by atoms with Crippen LogP contribution in [-0.4, -0.2) is 20.7 Å². The van der Waals surface area contributed by atoms with E-state index in [1.807, 2.05) is 0 Å². The molecule has 0 atom stereocenters. The molecule has 0 aliphatic carbocycles. The van der Waals surface area contributed by atoms with E-state index in [1.54, 1.807) is 16.8 Å². The van der Waals surface area contributed by atoms with Gasteiger partial charge in [0.25, 0.3) is 0 Å². The molecular weight excluding hydrogens is 233 g/mol. The van der Waals surface area contributed by atoms with Gasteiger partial charge in [-0.15, -0.1) is 0 Å². The molecule has 2 aromatic heterocycles. The van der Waals surface area contributed by atoms with Gasteiger partial charge in [0.15, 0.2) is 0 Å². The van der Waals surface area contributed by atoms with Crippen molar-refractivity contribution in [3.05, 3.63) is 18.5 Å². The van der Waals surface area contributed by atoms with Crippen molar-refractivity contribution in [1.29, 1.82) is 0 Å². The monoisotopic (exact) mass is 244 g/mol. The number of halogens is 3. The molecule has 0 aliphatic heterocycles. The Kier molecular flexibility index (Phi) is 2.91. The maximum atomic E-state index is 12.0. The molecule has 2 rings (SSSR count). The fourth-order valence-corrected chi connectivity index (χ4v) is 1.67. The van der Waals surface area contributed by atoms with E-state index >= 15 is 0 Å². The molecule has 2 N–H and O–H groups in total. The van der Waals surface area contributed by atoms with Crippen LogP contribution in [0.5, 0.6) is 0 Å². The van der Waals surface area contributed by atoms with Gasteiger partial charge >= 0.3 is 6.18 Å². The van der Waals surface area contributed by atoms with Crippen molar-refractivity contribution in [1.82, 2.24) is 14.5 Å². The maximum absolute atomic E-state index is 12.0. The van der Waals surface area contributed by atoms with Crippen LogP contribution in [0.25, 0.3) is 11.0 Å². The molecule has 92 valence electrons. The molecule has 0 fully saturated rings. The Morgan fingerprint density at radius 2 is 2.12 bits per heavy atom. The van der Waals surface area contributed by atoms with E-state index in [0.717, 1.165) is 0 Å². The number of pyridine rings is 1. The molecule has 0 radical (unpaired) electrons. The number of anilines is 1. The highest BCUT2D eigenvalue weighted by Crippen LogP contribution is 2.23. The minimum atomic E-state index is -4.13. The van der Waals surface area contributed by atoms with Gasteiger partial charge in [-0.1, -0.05) is 0 Å². The molecule has 0 saturated heterocycles. The number of nitrogens with zero attached hydrogens (tertiary/aromatic N) is 3. The number of aromatic nitrogens is 3. The Hall–Kier alpha value is -1.79. The van der Waals surface area contributed by atoms with Crippen molar-refractivity contribution in [2.75, 3.05) is 5.73 Å². The molecule has 0 unspecified atom stereocenters. The van der Waals surface area contributed by atoms with E-state index in [0.29, 0.717) is 11.0 Å². The van der Waals surface area contributed by atoms with Crippen molar-refractivity contribution in [2.24, 2.45) is 0 Å². The Labute approximate surface area is 95.3 Å². The first-order valence-electron chi connectivity index (χ1n) is 5.10. The van der Waals surface area contributed by atoms with Gasteiger partial charge in [-0.05, 0) is 12.5 Å². The number of alkyl halides is 3. The van der Waals surface area contributed by atoms with Crippen LogP contribution < -0.4 is 5.73 Å². The van der Waals surface area contributed by atoms with Crippen LogP contribution in [0.2, 0.25) is 0 Å². The Morgan fingerprint density at radius 1 is 1.35 bits per heavy atom. The average Bonchev–Trinajstić information content (AvgIpc) is 2.54. The van der Waals surface area contributed by atoms with E-state index in [1.165, 1.54) is 6.20 Å². The Bertz CT molecular complexity index is 518. The number of aryl methyl sites for hydroxylation is 1. The van der Waals surface area contributed by atoms with Gasteiger partial charge in [0.05, 0.1) is 11.7 Å². The lowest BCUT2D eigenvalue weighted by molar-refractivity contribution is -0.135. The molecular formula is C10H11F3N4. The summed E-state index contributed by atoms with van der Waals surface area (Å²) in [6.45, 7) is 0.200.